The zero-order chi connectivity index (χ0) is 20.7. The molecule has 0 bridgehead atoms. The van der Waals surface area contributed by atoms with E-state index in [1.165, 1.54) is 12.1 Å². The number of fused-ring (bicyclic) bond motifs is 1. The first kappa shape index (κ1) is 18.8. The summed E-state index contributed by atoms with van der Waals surface area (Å²) in [5, 5.41) is 0.436. The van der Waals surface area contributed by atoms with Gasteiger partial charge in [0.1, 0.15) is 17.4 Å². The van der Waals surface area contributed by atoms with Gasteiger partial charge in [-0.2, -0.15) is 0 Å². The molecule has 150 valence electrons. The minimum absolute atomic E-state index is 0.120. The summed E-state index contributed by atoms with van der Waals surface area (Å²) in [6.07, 6.45) is 1.65. The molecule has 3 aromatic carbocycles. The molecule has 1 aliphatic rings. The van der Waals surface area contributed by atoms with E-state index >= 15 is 0 Å². The average Bonchev–Trinajstić information content (AvgIpc) is 3.40. The summed E-state index contributed by atoms with van der Waals surface area (Å²) in [5.74, 6) is 0.109. The smallest absolute Gasteiger partial charge is 0.256 e. The Morgan fingerprint density at radius 2 is 1.90 bits per heavy atom. The Morgan fingerprint density at radius 1 is 1.07 bits per heavy atom. The van der Waals surface area contributed by atoms with Crippen LogP contribution in [0.15, 0.2) is 71.1 Å². The molecular formula is C24H18ClFN2O2. The third kappa shape index (κ3) is 3.35. The Morgan fingerprint density at radius 3 is 2.73 bits per heavy atom. The third-order valence-corrected chi connectivity index (χ3v) is 5.79. The lowest BCUT2D eigenvalue weighted by atomic mass is 10.1. The fourth-order valence-corrected chi connectivity index (χ4v) is 4.21. The van der Waals surface area contributed by atoms with Crippen molar-refractivity contribution in [3.8, 4) is 11.1 Å². The molecule has 1 amide bonds. The third-order valence-electron chi connectivity index (χ3n) is 5.47. The predicted octanol–water partition coefficient (Wildman–Crippen LogP) is 6.26. The summed E-state index contributed by atoms with van der Waals surface area (Å²) in [6, 6.07) is 18.9. The van der Waals surface area contributed by atoms with E-state index < -0.39 is 0 Å². The summed E-state index contributed by atoms with van der Waals surface area (Å²) in [5.41, 5.74) is 3.44. The van der Waals surface area contributed by atoms with E-state index in [9.17, 15) is 9.18 Å². The van der Waals surface area contributed by atoms with E-state index in [2.05, 4.69) is 4.98 Å². The molecule has 0 N–H and O–H groups in total. The summed E-state index contributed by atoms with van der Waals surface area (Å²) < 4.78 is 19.6. The highest BCUT2D eigenvalue weighted by atomic mass is 35.5. The predicted molar refractivity (Wildman–Crippen MR) is 114 cm³/mol. The Kier molecular flexibility index (Phi) is 4.75. The number of nitrogens with zero attached hydrogens (tertiary/aromatic N) is 2. The van der Waals surface area contributed by atoms with E-state index in [4.69, 9.17) is 16.0 Å². The molecular weight excluding hydrogens is 403 g/mol. The van der Waals surface area contributed by atoms with E-state index in [0.29, 0.717) is 34.1 Å². The second kappa shape index (κ2) is 7.58. The van der Waals surface area contributed by atoms with Crippen LogP contribution in [0.25, 0.3) is 22.2 Å². The first-order chi connectivity index (χ1) is 14.6. The number of hydrogen-bond donors (Lipinski definition) is 0. The SMILES string of the molecule is O=C(c1ccccc1Cl)N1CCC[C@H]1c1nc2cc(-c3cccc(F)c3)ccc2o1. The molecule has 4 nitrogen and oxygen atoms in total. The highest BCUT2D eigenvalue weighted by Crippen LogP contribution is 2.36. The topological polar surface area (TPSA) is 46.3 Å². The molecule has 0 saturated carbocycles. The van der Waals surface area contributed by atoms with Crippen LogP contribution in [0.2, 0.25) is 5.02 Å². The molecule has 1 saturated heterocycles. The Hall–Kier alpha value is -3.18. The summed E-state index contributed by atoms with van der Waals surface area (Å²) in [7, 11) is 0. The van der Waals surface area contributed by atoms with Crippen molar-refractivity contribution in [3.63, 3.8) is 0 Å². The monoisotopic (exact) mass is 420 g/mol. The summed E-state index contributed by atoms with van der Waals surface area (Å²) >= 11 is 6.23. The number of likely N-dealkylation sites (tertiary alicyclic amines) is 1. The van der Waals surface area contributed by atoms with Crippen molar-refractivity contribution in [2.75, 3.05) is 6.54 Å². The summed E-state index contributed by atoms with van der Waals surface area (Å²) in [4.78, 5) is 19.5. The number of oxazole rings is 1. The minimum Gasteiger partial charge on any atom is -0.438 e. The molecule has 2 heterocycles. The number of amides is 1. The van der Waals surface area contributed by atoms with Crippen molar-refractivity contribution < 1.29 is 13.6 Å². The van der Waals surface area contributed by atoms with Gasteiger partial charge in [0.15, 0.2) is 5.58 Å². The normalized spacial score (nSPS) is 16.3. The zero-order valence-corrected chi connectivity index (χ0v) is 16.8. The molecule has 0 unspecified atom stereocenters. The largest absolute Gasteiger partial charge is 0.438 e. The lowest BCUT2D eigenvalue weighted by Gasteiger charge is -2.22. The van der Waals surface area contributed by atoms with Gasteiger partial charge in [0.25, 0.3) is 5.91 Å². The van der Waals surface area contributed by atoms with Crippen LogP contribution >= 0.6 is 11.6 Å². The van der Waals surface area contributed by atoms with Crippen LogP contribution in [0.5, 0.6) is 0 Å². The van der Waals surface area contributed by atoms with Crippen molar-refractivity contribution in [2.45, 2.75) is 18.9 Å². The number of hydrogen-bond acceptors (Lipinski definition) is 3. The quantitative estimate of drug-likeness (QED) is 0.392. The number of benzene rings is 3. The van der Waals surface area contributed by atoms with Gasteiger partial charge in [0.2, 0.25) is 5.89 Å². The fourth-order valence-electron chi connectivity index (χ4n) is 3.99. The zero-order valence-electron chi connectivity index (χ0n) is 16.0. The Bertz CT molecular complexity index is 1250. The lowest BCUT2D eigenvalue weighted by Crippen LogP contribution is -2.30. The van der Waals surface area contributed by atoms with Crippen molar-refractivity contribution >= 4 is 28.6 Å². The van der Waals surface area contributed by atoms with Crippen molar-refractivity contribution in [3.05, 3.63) is 89.0 Å². The second-order valence-electron chi connectivity index (χ2n) is 7.38. The van der Waals surface area contributed by atoms with Crippen LogP contribution in [-0.2, 0) is 0 Å². The van der Waals surface area contributed by atoms with E-state index in [-0.39, 0.29) is 17.8 Å². The molecule has 1 aliphatic heterocycles. The second-order valence-corrected chi connectivity index (χ2v) is 7.79. The molecule has 1 aromatic heterocycles. The number of rotatable bonds is 3. The molecule has 1 fully saturated rings. The van der Waals surface area contributed by atoms with E-state index in [0.717, 1.165) is 24.0 Å². The molecule has 0 aliphatic carbocycles. The van der Waals surface area contributed by atoms with Crippen LogP contribution in [0.4, 0.5) is 4.39 Å². The van der Waals surface area contributed by atoms with Crippen LogP contribution in [0, 0.1) is 5.82 Å². The van der Waals surface area contributed by atoms with Crippen LogP contribution in [0.1, 0.15) is 35.1 Å². The molecule has 1 atom stereocenters. The van der Waals surface area contributed by atoms with Crippen LogP contribution in [-0.4, -0.2) is 22.3 Å². The average molecular weight is 421 g/mol. The van der Waals surface area contributed by atoms with Crippen molar-refractivity contribution in [2.24, 2.45) is 0 Å². The molecule has 30 heavy (non-hydrogen) atoms. The van der Waals surface area contributed by atoms with Crippen LogP contribution < -0.4 is 0 Å². The number of carbonyl (C=O) groups excluding carboxylic acids is 1. The highest BCUT2D eigenvalue weighted by molar-refractivity contribution is 6.33. The van der Waals surface area contributed by atoms with Gasteiger partial charge in [-0.15, -0.1) is 0 Å². The molecule has 0 radical (unpaired) electrons. The summed E-state index contributed by atoms with van der Waals surface area (Å²) in [6.45, 7) is 0.627. The van der Waals surface area contributed by atoms with Gasteiger partial charge in [-0.25, -0.2) is 9.37 Å². The minimum atomic E-state index is -0.284. The maximum Gasteiger partial charge on any atom is 0.256 e. The van der Waals surface area contributed by atoms with Gasteiger partial charge in [0, 0.05) is 6.54 Å². The number of aromatic nitrogens is 1. The van der Waals surface area contributed by atoms with Crippen molar-refractivity contribution in [1.82, 2.24) is 9.88 Å². The maximum atomic E-state index is 13.6. The first-order valence-corrected chi connectivity index (χ1v) is 10.2. The molecule has 5 rings (SSSR count). The highest BCUT2D eigenvalue weighted by Gasteiger charge is 2.34. The van der Waals surface area contributed by atoms with E-state index in [1.54, 1.807) is 35.2 Å². The van der Waals surface area contributed by atoms with Gasteiger partial charge in [-0.3, -0.25) is 4.79 Å². The van der Waals surface area contributed by atoms with Gasteiger partial charge >= 0.3 is 0 Å². The first-order valence-electron chi connectivity index (χ1n) is 9.82. The van der Waals surface area contributed by atoms with Gasteiger partial charge < -0.3 is 9.32 Å². The number of carbonyl (C=O) groups is 1. The van der Waals surface area contributed by atoms with Gasteiger partial charge in [-0.1, -0.05) is 41.9 Å². The number of halogens is 2. The fraction of sp³-hybridized carbons (Fsp3) is 0.167. The lowest BCUT2D eigenvalue weighted by molar-refractivity contribution is 0.0717. The van der Waals surface area contributed by atoms with Gasteiger partial charge in [-0.05, 0) is 60.4 Å². The van der Waals surface area contributed by atoms with Crippen molar-refractivity contribution in [1.29, 1.82) is 0 Å². The standard InChI is InChI=1S/C24H18ClFN2O2/c25-19-8-2-1-7-18(19)24(29)28-12-4-9-21(28)23-27-20-14-16(10-11-22(20)30-23)15-5-3-6-17(26)13-15/h1-3,5-8,10-11,13-14,21H,4,9,12H2/t21-/m0/s1. The Balaban J connectivity index is 1.48. The van der Waals surface area contributed by atoms with Gasteiger partial charge in [0.05, 0.1) is 10.6 Å². The van der Waals surface area contributed by atoms with Crippen LogP contribution in [0.3, 0.4) is 0 Å². The Labute approximate surface area is 177 Å². The van der Waals surface area contributed by atoms with E-state index in [1.807, 2.05) is 24.3 Å². The molecule has 0 spiro atoms. The maximum absolute atomic E-state index is 13.6. The molecule has 6 heteroatoms. The molecule has 4 aromatic rings.